The summed E-state index contributed by atoms with van der Waals surface area (Å²) in [6.45, 7) is 6.21. The highest BCUT2D eigenvalue weighted by Gasteiger charge is 2.40. The minimum atomic E-state index is -0.360. The number of benzene rings is 3. The second-order valence-corrected chi connectivity index (χ2v) is 11.2. The smallest absolute Gasteiger partial charge is 0.230 e. The van der Waals surface area contributed by atoms with Crippen molar-refractivity contribution in [1.29, 1.82) is 0 Å². The molecular formula is C33H39ClN2O3. The van der Waals surface area contributed by atoms with Gasteiger partial charge in [-0.1, -0.05) is 79.2 Å². The summed E-state index contributed by atoms with van der Waals surface area (Å²) in [4.78, 5) is 30.8. The van der Waals surface area contributed by atoms with E-state index in [1.54, 1.807) is 4.90 Å². The van der Waals surface area contributed by atoms with E-state index in [0.717, 1.165) is 28.9 Å². The fourth-order valence-electron chi connectivity index (χ4n) is 5.38. The number of aryl methyl sites for hydroxylation is 1. The van der Waals surface area contributed by atoms with Gasteiger partial charge in [0.2, 0.25) is 11.8 Å². The van der Waals surface area contributed by atoms with Crippen LogP contribution in [0.5, 0.6) is 5.75 Å². The van der Waals surface area contributed by atoms with Gasteiger partial charge in [0, 0.05) is 43.5 Å². The Hall–Kier alpha value is -3.31. The van der Waals surface area contributed by atoms with Crippen LogP contribution in [0.2, 0.25) is 5.02 Å². The number of halogens is 1. The Morgan fingerprint density at radius 1 is 1.00 bits per heavy atom. The van der Waals surface area contributed by atoms with E-state index in [9.17, 15) is 9.59 Å². The van der Waals surface area contributed by atoms with Crippen molar-refractivity contribution in [3.05, 3.63) is 101 Å². The van der Waals surface area contributed by atoms with Crippen LogP contribution in [0.4, 0.5) is 0 Å². The van der Waals surface area contributed by atoms with E-state index >= 15 is 0 Å². The first-order valence-corrected chi connectivity index (χ1v) is 14.2. The van der Waals surface area contributed by atoms with Crippen molar-refractivity contribution in [2.45, 2.75) is 52.0 Å². The lowest BCUT2D eigenvalue weighted by atomic mass is 9.75. The number of ether oxygens (including phenoxy) is 1. The third kappa shape index (κ3) is 7.42. The van der Waals surface area contributed by atoms with Gasteiger partial charge in [-0.05, 0) is 61.1 Å². The summed E-state index contributed by atoms with van der Waals surface area (Å²) >= 11 is 6.21. The quantitative estimate of drug-likeness (QED) is 0.278. The molecule has 0 N–H and O–H groups in total. The van der Waals surface area contributed by atoms with Crippen LogP contribution in [0.15, 0.2) is 78.9 Å². The maximum Gasteiger partial charge on any atom is 0.230 e. The van der Waals surface area contributed by atoms with Gasteiger partial charge < -0.3 is 14.5 Å². The normalized spacial score (nSPS) is 15.4. The maximum absolute atomic E-state index is 13.5. The van der Waals surface area contributed by atoms with Crippen LogP contribution >= 0.6 is 11.6 Å². The van der Waals surface area contributed by atoms with Gasteiger partial charge in [0.15, 0.2) is 0 Å². The SMILES string of the molecule is CC[C@H](C(=O)N1CCC(COc2ccc(Cl)c(C)c2)(CC(=O)N(C)Cc2ccccc2)CC1)c1ccccc1. The van der Waals surface area contributed by atoms with Crippen LogP contribution in [0.3, 0.4) is 0 Å². The first-order chi connectivity index (χ1) is 18.8. The first kappa shape index (κ1) is 28.7. The number of nitrogens with zero attached hydrogens (tertiary/aromatic N) is 2. The van der Waals surface area contributed by atoms with Crippen LogP contribution in [0.1, 0.15) is 55.2 Å². The lowest BCUT2D eigenvalue weighted by molar-refractivity contribution is -0.138. The lowest BCUT2D eigenvalue weighted by Crippen LogP contribution is -2.48. The van der Waals surface area contributed by atoms with Gasteiger partial charge in [-0.3, -0.25) is 9.59 Å². The Morgan fingerprint density at radius 3 is 2.26 bits per heavy atom. The van der Waals surface area contributed by atoms with E-state index in [4.69, 9.17) is 16.3 Å². The van der Waals surface area contributed by atoms with Crippen molar-refractivity contribution in [1.82, 2.24) is 9.80 Å². The molecule has 1 heterocycles. The van der Waals surface area contributed by atoms with Crippen molar-refractivity contribution >= 4 is 23.4 Å². The van der Waals surface area contributed by atoms with Gasteiger partial charge in [-0.2, -0.15) is 0 Å². The van der Waals surface area contributed by atoms with Gasteiger partial charge >= 0.3 is 0 Å². The highest BCUT2D eigenvalue weighted by Crippen LogP contribution is 2.38. The fourth-order valence-corrected chi connectivity index (χ4v) is 5.49. The van der Waals surface area contributed by atoms with Gasteiger partial charge in [0.25, 0.3) is 0 Å². The summed E-state index contributed by atoms with van der Waals surface area (Å²) in [5.74, 6) is 0.852. The van der Waals surface area contributed by atoms with Crippen LogP contribution in [-0.4, -0.2) is 48.4 Å². The molecular weight excluding hydrogens is 508 g/mol. The molecule has 0 unspecified atom stereocenters. The minimum absolute atomic E-state index is 0.0882. The van der Waals surface area contributed by atoms with E-state index in [2.05, 4.69) is 6.92 Å². The molecule has 3 aromatic rings. The summed E-state index contributed by atoms with van der Waals surface area (Å²) < 4.78 is 6.28. The topological polar surface area (TPSA) is 49.9 Å². The molecule has 206 valence electrons. The predicted molar refractivity (Wildman–Crippen MR) is 157 cm³/mol. The van der Waals surface area contributed by atoms with E-state index < -0.39 is 0 Å². The zero-order chi connectivity index (χ0) is 27.8. The molecule has 1 aliphatic rings. The Labute approximate surface area is 237 Å². The molecule has 4 rings (SSSR count). The highest BCUT2D eigenvalue weighted by molar-refractivity contribution is 6.31. The van der Waals surface area contributed by atoms with Gasteiger partial charge in [0.1, 0.15) is 5.75 Å². The molecule has 5 nitrogen and oxygen atoms in total. The Morgan fingerprint density at radius 2 is 1.64 bits per heavy atom. The first-order valence-electron chi connectivity index (χ1n) is 13.8. The third-order valence-electron chi connectivity index (χ3n) is 7.93. The van der Waals surface area contributed by atoms with Gasteiger partial charge in [-0.25, -0.2) is 0 Å². The largest absolute Gasteiger partial charge is 0.493 e. The summed E-state index contributed by atoms with van der Waals surface area (Å²) in [5, 5.41) is 0.700. The molecule has 0 radical (unpaired) electrons. The summed E-state index contributed by atoms with van der Waals surface area (Å²) in [6.07, 6.45) is 2.55. The molecule has 1 atom stereocenters. The van der Waals surface area contributed by atoms with E-state index in [1.165, 1.54) is 0 Å². The van der Waals surface area contributed by atoms with Crippen molar-refractivity contribution in [2.75, 3.05) is 26.7 Å². The van der Waals surface area contributed by atoms with E-state index in [0.29, 0.717) is 50.5 Å². The molecule has 0 spiro atoms. The number of rotatable bonds is 10. The lowest BCUT2D eigenvalue weighted by Gasteiger charge is -2.42. The number of hydrogen-bond donors (Lipinski definition) is 0. The minimum Gasteiger partial charge on any atom is -0.493 e. The number of carbonyl (C=O) groups excluding carboxylic acids is 2. The van der Waals surface area contributed by atoms with Crippen molar-refractivity contribution in [2.24, 2.45) is 5.41 Å². The number of likely N-dealkylation sites (tertiary alicyclic amines) is 1. The molecule has 1 fully saturated rings. The average molecular weight is 547 g/mol. The molecule has 39 heavy (non-hydrogen) atoms. The second kappa shape index (κ2) is 13.2. The van der Waals surface area contributed by atoms with Crippen LogP contribution in [0, 0.1) is 12.3 Å². The van der Waals surface area contributed by atoms with Crippen LogP contribution in [-0.2, 0) is 16.1 Å². The van der Waals surface area contributed by atoms with Crippen molar-refractivity contribution < 1.29 is 14.3 Å². The molecule has 2 amide bonds. The molecule has 0 saturated carbocycles. The molecule has 6 heteroatoms. The van der Waals surface area contributed by atoms with Gasteiger partial charge in [-0.15, -0.1) is 0 Å². The highest BCUT2D eigenvalue weighted by atomic mass is 35.5. The molecule has 1 aliphatic heterocycles. The summed E-state index contributed by atoms with van der Waals surface area (Å²) in [5.41, 5.74) is 2.75. The van der Waals surface area contributed by atoms with E-state index in [1.807, 2.05) is 97.7 Å². The zero-order valence-corrected chi connectivity index (χ0v) is 24.0. The second-order valence-electron chi connectivity index (χ2n) is 10.8. The Bertz CT molecular complexity index is 1240. The van der Waals surface area contributed by atoms with Crippen molar-refractivity contribution in [3.63, 3.8) is 0 Å². The summed E-state index contributed by atoms with van der Waals surface area (Å²) in [7, 11) is 1.86. The number of piperidine rings is 1. The van der Waals surface area contributed by atoms with Crippen molar-refractivity contribution in [3.8, 4) is 5.75 Å². The Kier molecular flexibility index (Phi) is 9.68. The van der Waals surface area contributed by atoms with Crippen LogP contribution < -0.4 is 4.74 Å². The number of carbonyl (C=O) groups is 2. The fraction of sp³-hybridized carbons (Fsp3) is 0.394. The van der Waals surface area contributed by atoms with Gasteiger partial charge in [0.05, 0.1) is 12.5 Å². The average Bonchev–Trinajstić information content (AvgIpc) is 2.95. The monoisotopic (exact) mass is 546 g/mol. The van der Waals surface area contributed by atoms with E-state index in [-0.39, 0.29) is 23.1 Å². The molecule has 0 aromatic heterocycles. The number of hydrogen-bond acceptors (Lipinski definition) is 3. The maximum atomic E-state index is 13.5. The molecule has 3 aromatic carbocycles. The third-order valence-corrected chi connectivity index (χ3v) is 8.36. The number of amides is 2. The molecule has 0 aliphatic carbocycles. The predicted octanol–water partition coefficient (Wildman–Crippen LogP) is 6.88. The zero-order valence-electron chi connectivity index (χ0n) is 23.2. The summed E-state index contributed by atoms with van der Waals surface area (Å²) in [6, 6.07) is 25.7. The standard InChI is InChI=1S/C33H39ClN2O3/c1-4-29(27-13-9-6-10-14-27)32(38)36-19-17-33(18-20-36,24-39-28-15-16-30(34)25(2)21-28)22-31(37)35(3)23-26-11-7-5-8-12-26/h5-16,21,29H,4,17-20,22-24H2,1-3H3/t29-/m0/s1. The molecule has 1 saturated heterocycles. The van der Waals surface area contributed by atoms with Crippen LogP contribution in [0.25, 0.3) is 0 Å². The molecule has 0 bridgehead atoms. The Balaban J connectivity index is 1.47.